The van der Waals surface area contributed by atoms with Gasteiger partial charge in [0.25, 0.3) is 0 Å². The van der Waals surface area contributed by atoms with Crippen LogP contribution in [0.15, 0.2) is 22.7 Å². The number of carbonyl (C=O) groups excluding carboxylic acids is 1. The van der Waals surface area contributed by atoms with Crippen LogP contribution < -0.4 is 11.1 Å². The Bertz CT molecular complexity index is 394. The Balaban J connectivity index is 2.64. The lowest BCUT2D eigenvalue weighted by Crippen LogP contribution is -2.28. The highest BCUT2D eigenvalue weighted by atomic mass is 79.9. The van der Waals surface area contributed by atoms with Gasteiger partial charge in [0.1, 0.15) is 5.75 Å². The first-order chi connectivity index (χ1) is 8.06. The molecule has 4 N–H and O–H groups in total. The molecule has 1 aromatic rings. The van der Waals surface area contributed by atoms with Gasteiger partial charge in [0.05, 0.1) is 18.2 Å². The fourth-order valence-electron chi connectivity index (χ4n) is 1.28. The summed E-state index contributed by atoms with van der Waals surface area (Å²) >= 11 is 3.26. The highest BCUT2D eigenvalue weighted by Crippen LogP contribution is 2.26. The van der Waals surface area contributed by atoms with Gasteiger partial charge in [-0.15, -0.1) is 0 Å². The number of phenols is 1. The average molecular weight is 303 g/mol. The number of rotatable bonds is 5. The standard InChI is InChI=1S/C11H15BrN2O3/c1-17-8(6-13)5-11(16)14-9-4-7(12)2-3-10(9)15/h2-4,8,15H,5-6,13H2,1H3,(H,14,16). The molecule has 0 aliphatic heterocycles. The zero-order chi connectivity index (χ0) is 12.8. The summed E-state index contributed by atoms with van der Waals surface area (Å²) in [5.41, 5.74) is 5.77. The summed E-state index contributed by atoms with van der Waals surface area (Å²) in [4.78, 5) is 11.6. The summed E-state index contributed by atoms with van der Waals surface area (Å²) in [6.45, 7) is 0.272. The van der Waals surface area contributed by atoms with Gasteiger partial charge in [-0.3, -0.25) is 4.79 Å². The highest BCUT2D eigenvalue weighted by Gasteiger charge is 2.13. The van der Waals surface area contributed by atoms with E-state index in [4.69, 9.17) is 10.5 Å². The first kappa shape index (κ1) is 14.0. The monoisotopic (exact) mass is 302 g/mol. The molecular formula is C11H15BrN2O3. The molecular weight excluding hydrogens is 288 g/mol. The van der Waals surface area contributed by atoms with E-state index in [9.17, 15) is 9.90 Å². The van der Waals surface area contributed by atoms with Crippen LogP contribution in [0, 0.1) is 0 Å². The first-order valence-corrected chi connectivity index (χ1v) is 5.87. The van der Waals surface area contributed by atoms with E-state index >= 15 is 0 Å². The minimum Gasteiger partial charge on any atom is -0.506 e. The molecule has 0 heterocycles. The minimum atomic E-state index is -0.315. The van der Waals surface area contributed by atoms with Crippen molar-refractivity contribution in [2.75, 3.05) is 19.0 Å². The largest absolute Gasteiger partial charge is 0.506 e. The normalized spacial score (nSPS) is 12.2. The number of amides is 1. The molecule has 1 amide bonds. The van der Waals surface area contributed by atoms with Crippen molar-refractivity contribution in [2.45, 2.75) is 12.5 Å². The van der Waals surface area contributed by atoms with E-state index in [2.05, 4.69) is 21.2 Å². The fourth-order valence-corrected chi connectivity index (χ4v) is 1.64. The minimum absolute atomic E-state index is 0.0169. The van der Waals surface area contributed by atoms with Gasteiger partial charge in [0.15, 0.2) is 0 Å². The van der Waals surface area contributed by atoms with Crippen LogP contribution in [0.5, 0.6) is 5.75 Å². The molecule has 6 heteroatoms. The molecule has 1 aromatic carbocycles. The van der Waals surface area contributed by atoms with E-state index in [1.54, 1.807) is 12.1 Å². The Hall–Kier alpha value is -1.11. The number of aromatic hydroxyl groups is 1. The van der Waals surface area contributed by atoms with Crippen molar-refractivity contribution >= 4 is 27.5 Å². The summed E-state index contributed by atoms with van der Waals surface area (Å²) in [6.07, 6.45) is -0.164. The van der Waals surface area contributed by atoms with Gasteiger partial charge < -0.3 is 20.9 Å². The number of methoxy groups -OCH3 is 1. The van der Waals surface area contributed by atoms with Gasteiger partial charge >= 0.3 is 0 Å². The van der Waals surface area contributed by atoms with Crippen LogP contribution in [-0.4, -0.2) is 30.8 Å². The number of phenolic OH excluding ortho intramolecular Hbond substituents is 1. The molecule has 0 aliphatic rings. The predicted molar refractivity (Wildman–Crippen MR) is 68.9 cm³/mol. The van der Waals surface area contributed by atoms with Crippen LogP contribution in [0.1, 0.15) is 6.42 Å². The number of ether oxygens (including phenoxy) is 1. The van der Waals surface area contributed by atoms with E-state index in [1.165, 1.54) is 13.2 Å². The number of benzene rings is 1. The second-order valence-electron chi connectivity index (χ2n) is 3.51. The van der Waals surface area contributed by atoms with Crippen molar-refractivity contribution in [3.8, 4) is 5.75 Å². The number of hydrogen-bond acceptors (Lipinski definition) is 4. The Labute approximate surface area is 108 Å². The van der Waals surface area contributed by atoms with Crippen molar-refractivity contribution in [3.05, 3.63) is 22.7 Å². The Morgan fingerprint density at radius 2 is 2.35 bits per heavy atom. The van der Waals surface area contributed by atoms with Crippen LogP contribution in [0.3, 0.4) is 0 Å². The maximum Gasteiger partial charge on any atom is 0.227 e. The summed E-state index contributed by atoms with van der Waals surface area (Å²) in [7, 11) is 1.50. The Morgan fingerprint density at radius 1 is 1.65 bits per heavy atom. The zero-order valence-electron chi connectivity index (χ0n) is 9.44. The Morgan fingerprint density at radius 3 is 2.94 bits per heavy atom. The van der Waals surface area contributed by atoms with Crippen molar-refractivity contribution in [1.82, 2.24) is 0 Å². The molecule has 0 fully saturated rings. The van der Waals surface area contributed by atoms with Crippen molar-refractivity contribution in [1.29, 1.82) is 0 Å². The van der Waals surface area contributed by atoms with Gasteiger partial charge in [0, 0.05) is 18.1 Å². The molecule has 0 aliphatic carbocycles. The molecule has 5 nitrogen and oxygen atoms in total. The third-order valence-electron chi connectivity index (χ3n) is 2.24. The van der Waals surface area contributed by atoms with Crippen molar-refractivity contribution in [3.63, 3.8) is 0 Å². The van der Waals surface area contributed by atoms with E-state index in [0.29, 0.717) is 5.69 Å². The quantitative estimate of drug-likeness (QED) is 0.719. The lowest BCUT2D eigenvalue weighted by Gasteiger charge is -2.13. The summed E-state index contributed by atoms with van der Waals surface area (Å²) < 4.78 is 5.78. The lowest BCUT2D eigenvalue weighted by atomic mass is 10.2. The van der Waals surface area contributed by atoms with Gasteiger partial charge in [-0.2, -0.15) is 0 Å². The lowest BCUT2D eigenvalue weighted by molar-refractivity contribution is -0.118. The average Bonchev–Trinajstić information content (AvgIpc) is 2.31. The van der Waals surface area contributed by atoms with Crippen molar-refractivity contribution in [2.24, 2.45) is 5.73 Å². The number of nitrogens with one attached hydrogen (secondary N) is 1. The van der Waals surface area contributed by atoms with E-state index in [0.717, 1.165) is 4.47 Å². The molecule has 0 radical (unpaired) electrons. The molecule has 0 spiro atoms. The molecule has 94 valence electrons. The van der Waals surface area contributed by atoms with E-state index in [1.807, 2.05) is 0 Å². The Kier molecular flexibility index (Phi) is 5.40. The maximum absolute atomic E-state index is 11.6. The molecule has 1 atom stereocenters. The van der Waals surface area contributed by atoms with E-state index < -0.39 is 0 Å². The number of carbonyl (C=O) groups is 1. The summed E-state index contributed by atoms with van der Waals surface area (Å²) in [5.74, 6) is -0.237. The summed E-state index contributed by atoms with van der Waals surface area (Å²) in [5, 5.41) is 12.1. The number of anilines is 1. The van der Waals surface area contributed by atoms with Crippen LogP contribution in [0.4, 0.5) is 5.69 Å². The molecule has 0 saturated carbocycles. The predicted octanol–water partition coefficient (Wildman–Crippen LogP) is 1.46. The third kappa shape index (κ3) is 4.33. The summed E-state index contributed by atoms with van der Waals surface area (Å²) in [6, 6.07) is 4.80. The second kappa shape index (κ2) is 6.58. The molecule has 17 heavy (non-hydrogen) atoms. The van der Waals surface area contributed by atoms with Gasteiger partial charge in [-0.1, -0.05) is 15.9 Å². The van der Waals surface area contributed by atoms with Crippen LogP contribution in [0.25, 0.3) is 0 Å². The number of hydrogen-bond donors (Lipinski definition) is 3. The van der Waals surface area contributed by atoms with Gasteiger partial charge in [-0.05, 0) is 18.2 Å². The number of halogens is 1. The smallest absolute Gasteiger partial charge is 0.227 e. The van der Waals surface area contributed by atoms with Gasteiger partial charge in [-0.25, -0.2) is 0 Å². The van der Waals surface area contributed by atoms with Gasteiger partial charge in [0.2, 0.25) is 5.91 Å². The highest BCUT2D eigenvalue weighted by molar-refractivity contribution is 9.10. The van der Waals surface area contributed by atoms with Crippen molar-refractivity contribution < 1.29 is 14.6 Å². The number of nitrogens with two attached hydrogens (primary N) is 1. The molecule has 1 unspecified atom stereocenters. The van der Waals surface area contributed by atoms with Crippen LogP contribution in [-0.2, 0) is 9.53 Å². The molecule has 1 rings (SSSR count). The molecule has 0 bridgehead atoms. The molecule has 0 aromatic heterocycles. The first-order valence-electron chi connectivity index (χ1n) is 5.08. The topological polar surface area (TPSA) is 84.6 Å². The van der Waals surface area contributed by atoms with Crippen LogP contribution >= 0.6 is 15.9 Å². The maximum atomic E-state index is 11.6. The van der Waals surface area contributed by atoms with Crippen LogP contribution in [0.2, 0.25) is 0 Å². The second-order valence-corrected chi connectivity index (χ2v) is 4.42. The zero-order valence-corrected chi connectivity index (χ0v) is 11.0. The molecule has 0 saturated heterocycles. The third-order valence-corrected chi connectivity index (χ3v) is 2.74. The van der Waals surface area contributed by atoms with E-state index in [-0.39, 0.29) is 30.7 Å². The SMILES string of the molecule is COC(CN)CC(=O)Nc1cc(Br)ccc1O. The fraction of sp³-hybridized carbons (Fsp3) is 0.364.